The van der Waals surface area contributed by atoms with Crippen LogP contribution in [0.5, 0.6) is 0 Å². The average molecular weight is 313 g/mol. The van der Waals surface area contributed by atoms with E-state index >= 15 is 0 Å². The summed E-state index contributed by atoms with van der Waals surface area (Å²) in [6.45, 7) is 4.70. The molecule has 0 aliphatic carbocycles. The molecule has 1 aliphatic rings. The fraction of sp³-hybridized carbons (Fsp3) is 0.429. The lowest BCUT2D eigenvalue weighted by atomic mass is 10.1. The molecule has 0 atom stereocenters. The molecule has 0 aromatic heterocycles. The van der Waals surface area contributed by atoms with E-state index in [4.69, 9.17) is 5.73 Å². The van der Waals surface area contributed by atoms with Crippen LogP contribution in [0.2, 0.25) is 0 Å². The monoisotopic (exact) mass is 312 g/mol. The first-order valence-corrected chi connectivity index (χ1v) is 6.79. The minimum absolute atomic E-state index is 0. The van der Waals surface area contributed by atoms with Gasteiger partial charge in [-0.25, -0.2) is 4.79 Å². The van der Waals surface area contributed by atoms with Crippen LogP contribution >= 0.6 is 12.4 Å². The van der Waals surface area contributed by atoms with Gasteiger partial charge in [-0.05, 0) is 25.1 Å². The second-order valence-corrected chi connectivity index (χ2v) is 4.74. The van der Waals surface area contributed by atoms with Crippen LogP contribution in [-0.4, -0.2) is 54.5 Å². The van der Waals surface area contributed by atoms with E-state index in [0.717, 1.165) is 0 Å². The Bertz CT molecular complexity index is 502. The number of benzene rings is 1. The Morgan fingerprint density at radius 1 is 1.19 bits per heavy atom. The minimum atomic E-state index is -0.0662. The van der Waals surface area contributed by atoms with Crippen LogP contribution in [0.3, 0.4) is 0 Å². The average Bonchev–Trinajstić information content (AvgIpc) is 2.47. The number of amides is 3. The third-order valence-electron chi connectivity index (χ3n) is 3.32. The molecular formula is C14H21ClN4O2. The first kappa shape index (κ1) is 17.1. The van der Waals surface area contributed by atoms with E-state index in [9.17, 15) is 9.59 Å². The number of halogens is 1. The predicted octanol–water partition coefficient (Wildman–Crippen LogP) is 1.18. The largest absolute Gasteiger partial charge is 0.399 e. The van der Waals surface area contributed by atoms with Gasteiger partial charge in [0.25, 0.3) is 5.91 Å². The second kappa shape index (κ2) is 7.73. The number of piperazine rings is 1. The summed E-state index contributed by atoms with van der Waals surface area (Å²) in [5, 5.41) is 2.77. The van der Waals surface area contributed by atoms with Crippen molar-refractivity contribution in [1.29, 1.82) is 0 Å². The highest BCUT2D eigenvalue weighted by Gasteiger charge is 2.24. The fourth-order valence-corrected chi connectivity index (χ4v) is 2.23. The Morgan fingerprint density at radius 3 is 2.38 bits per heavy atom. The Labute approximate surface area is 130 Å². The van der Waals surface area contributed by atoms with Crippen LogP contribution in [0.15, 0.2) is 24.3 Å². The summed E-state index contributed by atoms with van der Waals surface area (Å²) in [4.78, 5) is 27.5. The molecule has 21 heavy (non-hydrogen) atoms. The molecule has 1 aromatic rings. The highest BCUT2D eigenvalue weighted by atomic mass is 35.5. The molecule has 7 heteroatoms. The maximum absolute atomic E-state index is 12.3. The Morgan fingerprint density at radius 2 is 1.81 bits per heavy atom. The van der Waals surface area contributed by atoms with Crippen molar-refractivity contribution in [1.82, 2.24) is 15.1 Å². The van der Waals surface area contributed by atoms with Gasteiger partial charge < -0.3 is 20.9 Å². The zero-order valence-corrected chi connectivity index (χ0v) is 12.9. The molecule has 1 heterocycles. The highest BCUT2D eigenvalue weighted by molar-refractivity contribution is 5.95. The molecular weight excluding hydrogens is 292 g/mol. The van der Waals surface area contributed by atoms with Gasteiger partial charge in [-0.2, -0.15) is 0 Å². The van der Waals surface area contributed by atoms with Gasteiger partial charge in [-0.15, -0.1) is 12.4 Å². The van der Waals surface area contributed by atoms with Gasteiger partial charge in [0.1, 0.15) is 0 Å². The van der Waals surface area contributed by atoms with Gasteiger partial charge in [0.05, 0.1) is 0 Å². The van der Waals surface area contributed by atoms with Crippen molar-refractivity contribution in [2.24, 2.45) is 0 Å². The molecule has 1 aromatic carbocycles. The van der Waals surface area contributed by atoms with Crippen molar-refractivity contribution in [2.75, 3.05) is 38.5 Å². The molecule has 1 fully saturated rings. The van der Waals surface area contributed by atoms with E-state index in [1.807, 2.05) is 6.92 Å². The van der Waals surface area contributed by atoms with Gasteiger partial charge in [0.2, 0.25) is 0 Å². The number of carbonyl (C=O) groups is 2. The third kappa shape index (κ3) is 4.26. The van der Waals surface area contributed by atoms with Crippen molar-refractivity contribution in [3.63, 3.8) is 0 Å². The summed E-state index contributed by atoms with van der Waals surface area (Å²) in [7, 11) is 0. The lowest BCUT2D eigenvalue weighted by Crippen LogP contribution is -2.53. The fourth-order valence-electron chi connectivity index (χ4n) is 2.23. The van der Waals surface area contributed by atoms with Crippen LogP contribution in [0.25, 0.3) is 0 Å². The van der Waals surface area contributed by atoms with Crippen LogP contribution in [0.4, 0.5) is 10.5 Å². The van der Waals surface area contributed by atoms with Crippen LogP contribution in [0.1, 0.15) is 17.3 Å². The molecule has 6 nitrogen and oxygen atoms in total. The lowest BCUT2D eigenvalue weighted by Gasteiger charge is -2.34. The Hall–Kier alpha value is -1.95. The number of nitrogen functional groups attached to an aromatic ring is 1. The van der Waals surface area contributed by atoms with Crippen molar-refractivity contribution in [3.05, 3.63) is 29.8 Å². The molecule has 0 spiro atoms. The van der Waals surface area contributed by atoms with Gasteiger partial charge >= 0.3 is 6.03 Å². The first-order valence-electron chi connectivity index (χ1n) is 6.79. The molecule has 0 unspecified atom stereocenters. The zero-order chi connectivity index (χ0) is 14.5. The number of rotatable bonds is 2. The Balaban J connectivity index is 0.00000220. The first-order chi connectivity index (χ1) is 9.61. The smallest absolute Gasteiger partial charge is 0.317 e. The number of urea groups is 1. The summed E-state index contributed by atoms with van der Waals surface area (Å²) in [6.07, 6.45) is 0. The van der Waals surface area contributed by atoms with Crippen molar-refractivity contribution in [2.45, 2.75) is 6.92 Å². The molecule has 0 saturated carbocycles. The number of nitrogens with one attached hydrogen (secondary N) is 1. The van der Waals surface area contributed by atoms with Gasteiger partial charge in [-0.1, -0.05) is 6.07 Å². The van der Waals surface area contributed by atoms with Gasteiger partial charge in [0, 0.05) is 44.0 Å². The van der Waals surface area contributed by atoms with Crippen molar-refractivity contribution in [3.8, 4) is 0 Å². The van der Waals surface area contributed by atoms with E-state index in [-0.39, 0.29) is 24.3 Å². The van der Waals surface area contributed by atoms with E-state index < -0.39 is 0 Å². The quantitative estimate of drug-likeness (QED) is 0.805. The van der Waals surface area contributed by atoms with Crippen molar-refractivity contribution >= 4 is 30.0 Å². The normalized spacial score (nSPS) is 14.3. The van der Waals surface area contributed by atoms with E-state index in [2.05, 4.69) is 5.32 Å². The lowest BCUT2D eigenvalue weighted by molar-refractivity contribution is 0.0665. The van der Waals surface area contributed by atoms with E-state index in [1.165, 1.54) is 0 Å². The molecule has 1 aliphatic heterocycles. The van der Waals surface area contributed by atoms with Crippen LogP contribution < -0.4 is 11.1 Å². The van der Waals surface area contributed by atoms with E-state index in [0.29, 0.717) is 44.0 Å². The van der Waals surface area contributed by atoms with E-state index in [1.54, 1.807) is 34.1 Å². The molecule has 0 bridgehead atoms. The molecule has 3 amide bonds. The third-order valence-corrected chi connectivity index (χ3v) is 3.32. The molecule has 0 radical (unpaired) electrons. The number of nitrogens with two attached hydrogens (primary N) is 1. The van der Waals surface area contributed by atoms with Crippen molar-refractivity contribution < 1.29 is 9.59 Å². The number of nitrogens with zero attached hydrogens (tertiary/aromatic N) is 2. The standard InChI is InChI=1S/C14H20N4O2.ClH/c1-2-16-14(20)18-8-6-17(7-9-18)13(19)11-4-3-5-12(15)10-11;/h3-5,10H,2,6-9,15H2,1H3,(H,16,20);1H. The van der Waals surface area contributed by atoms with Crippen LogP contribution in [-0.2, 0) is 0 Å². The SMILES string of the molecule is CCNC(=O)N1CCN(C(=O)c2cccc(N)c2)CC1.Cl. The Kier molecular flexibility index (Phi) is 6.30. The molecule has 2 rings (SSSR count). The van der Waals surface area contributed by atoms with Gasteiger partial charge in [0.15, 0.2) is 0 Å². The number of hydrogen-bond donors (Lipinski definition) is 2. The second-order valence-electron chi connectivity index (χ2n) is 4.74. The topological polar surface area (TPSA) is 78.7 Å². The highest BCUT2D eigenvalue weighted by Crippen LogP contribution is 2.12. The summed E-state index contributed by atoms with van der Waals surface area (Å²) < 4.78 is 0. The summed E-state index contributed by atoms with van der Waals surface area (Å²) in [5.41, 5.74) is 6.86. The van der Waals surface area contributed by atoms with Crippen LogP contribution in [0, 0.1) is 0 Å². The number of anilines is 1. The summed E-state index contributed by atoms with van der Waals surface area (Å²) >= 11 is 0. The minimum Gasteiger partial charge on any atom is -0.399 e. The zero-order valence-electron chi connectivity index (χ0n) is 12.0. The van der Waals surface area contributed by atoms with Gasteiger partial charge in [-0.3, -0.25) is 4.79 Å². The number of carbonyl (C=O) groups excluding carboxylic acids is 2. The molecule has 1 saturated heterocycles. The number of hydrogen-bond acceptors (Lipinski definition) is 3. The summed E-state index contributed by atoms with van der Waals surface area (Å²) in [6, 6.07) is 6.90. The summed E-state index contributed by atoms with van der Waals surface area (Å²) in [5.74, 6) is -0.0344. The maximum Gasteiger partial charge on any atom is 0.317 e. The molecule has 116 valence electrons. The predicted molar refractivity (Wildman–Crippen MR) is 84.7 cm³/mol. The molecule has 3 N–H and O–H groups in total. The maximum atomic E-state index is 12.3.